The second-order valence-electron chi connectivity index (χ2n) is 5.05. The van der Waals surface area contributed by atoms with Crippen LogP contribution in [0.5, 0.6) is 5.88 Å². The zero-order valence-corrected chi connectivity index (χ0v) is 11.4. The van der Waals surface area contributed by atoms with Gasteiger partial charge in [0.2, 0.25) is 5.88 Å². The summed E-state index contributed by atoms with van der Waals surface area (Å²) in [6.45, 7) is 4.38. The van der Waals surface area contributed by atoms with Crippen molar-refractivity contribution in [2.24, 2.45) is 5.92 Å². The number of aromatic nitrogens is 1. The summed E-state index contributed by atoms with van der Waals surface area (Å²) in [5.74, 6) is 1.54. The number of piperidine rings is 1. The molecule has 100 valence electrons. The Balaban J connectivity index is 1.75. The van der Waals surface area contributed by atoms with Gasteiger partial charge in [-0.15, -0.1) is 0 Å². The number of methoxy groups -OCH3 is 1. The minimum atomic E-state index is 0.730. The minimum Gasteiger partial charge on any atom is -0.481 e. The molecular weight excluding hydrogens is 226 g/mol. The third-order valence-electron chi connectivity index (χ3n) is 3.63. The number of hydrogen-bond donors (Lipinski definition) is 1. The summed E-state index contributed by atoms with van der Waals surface area (Å²) in [5.41, 5.74) is 1.13. The van der Waals surface area contributed by atoms with Gasteiger partial charge in [0.1, 0.15) is 0 Å². The molecule has 0 bridgehead atoms. The molecule has 18 heavy (non-hydrogen) atoms. The maximum atomic E-state index is 5.24. The van der Waals surface area contributed by atoms with Crippen molar-refractivity contribution >= 4 is 0 Å². The molecule has 0 amide bonds. The molecule has 4 nitrogen and oxygen atoms in total. The van der Waals surface area contributed by atoms with Gasteiger partial charge < -0.3 is 15.0 Å². The number of hydrogen-bond acceptors (Lipinski definition) is 4. The van der Waals surface area contributed by atoms with E-state index in [9.17, 15) is 0 Å². The van der Waals surface area contributed by atoms with E-state index in [1.54, 1.807) is 13.3 Å². The Labute approximate surface area is 109 Å². The third-order valence-corrected chi connectivity index (χ3v) is 3.63. The summed E-state index contributed by atoms with van der Waals surface area (Å²) in [4.78, 5) is 6.61. The molecule has 1 aromatic heterocycles. The van der Waals surface area contributed by atoms with Crippen LogP contribution in [-0.4, -0.2) is 43.7 Å². The summed E-state index contributed by atoms with van der Waals surface area (Å²) >= 11 is 0. The fourth-order valence-electron chi connectivity index (χ4n) is 2.42. The lowest BCUT2D eigenvalue weighted by atomic mass is 9.97. The molecule has 0 spiro atoms. The molecule has 0 radical (unpaired) electrons. The van der Waals surface area contributed by atoms with E-state index in [1.165, 1.54) is 25.9 Å². The summed E-state index contributed by atoms with van der Waals surface area (Å²) in [6, 6.07) is 4.02. The second kappa shape index (κ2) is 6.71. The van der Waals surface area contributed by atoms with E-state index in [-0.39, 0.29) is 0 Å². The number of likely N-dealkylation sites (tertiary alicyclic amines) is 1. The smallest absolute Gasteiger partial charge is 0.217 e. The van der Waals surface area contributed by atoms with Crippen molar-refractivity contribution in [1.29, 1.82) is 0 Å². The molecule has 1 saturated heterocycles. The fraction of sp³-hybridized carbons (Fsp3) is 0.643. The van der Waals surface area contributed by atoms with Crippen molar-refractivity contribution in [2.45, 2.75) is 19.4 Å². The van der Waals surface area contributed by atoms with Gasteiger partial charge in [0.05, 0.1) is 7.11 Å². The van der Waals surface area contributed by atoms with Crippen LogP contribution >= 0.6 is 0 Å². The summed E-state index contributed by atoms with van der Waals surface area (Å²) < 4.78 is 5.24. The molecule has 0 saturated carbocycles. The normalized spacial score (nSPS) is 17.9. The van der Waals surface area contributed by atoms with Crippen LogP contribution < -0.4 is 10.1 Å². The van der Waals surface area contributed by atoms with Crippen molar-refractivity contribution in [1.82, 2.24) is 15.2 Å². The van der Waals surface area contributed by atoms with E-state index in [4.69, 9.17) is 4.74 Å². The molecule has 1 aromatic rings. The first-order valence-electron chi connectivity index (χ1n) is 6.66. The maximum Gasteiger partial charge on any atom is 0.217 e. The van der Waals surface area contributed by atoms with Crippen molar-refractivity contribution < 1.29 is 4.74 Å². The molecule has 1 fully saturated rings. The van der Waals surface area contributed by atoms with Crippen LogP contribution in [0.15, 0.2) is 18.3 Å². The van der Waals surface area contributed by atoms with Crippen LogP contribution in [-0.2, 0) is 6.54 Å². The Morgan fingerprint density at radius 3 is 2.94 bits per heavy atom. The molecule has 1 aliphatic heterocycles. The van der Waals surface area contributed by atoms with E-state index in [0.717, 1.165) is 30.5 Å². The van der Waals surface area contributed by atoms with Gasteiger partial charge >= 0.3 is 0 Å². The molecule has 0 atom stereocenters. The monoisotopic (exact) mass is 249 g/mol. The lowest BCUT2D eigenvalue weighted by Gasteiger charge is -2.29. The first-order valence-corrected chi connectivity index (χ1v) is 6.66. The highest BCUT2D eigenvalue weighted by molar-refractivity contribution is 5.24. The van der Waals surface area contributed by atoms with Gasteiger partial charge in [0.25, 0.3) is 0 Å². The predicted molar refractivity (Wildman–Crippen MR) is 72.7 cm³/mol. The number of pyridine rings is 1. The van der Waals surface area contributed by atoms with Crippen LogP contribution in [0.1, 0.15) is 18.4 Å². The summed E-state index contributed by atoms with van der Waals surface area (Å²) in [6.07, 6.45) is 4.36. The van der Waals surface area contributed by atoms with Crippen LogP contribution in [0.25, 0.3) is 0 Å². The Morgan fingerprint density at radius 2 is 2.22 bits per heavy atom. The SMILES string of the molecule is COc1ncccc1CNCC1CCN(C)CC1. The predicted octanol–water partition coefficient (Wildman–Crippen LogP) is 1.52. The molecule has 0 unspecified atom stereocenters. The Bertz CT molecular complexity index is 362. The van der Waals surface area contributed by atoms with E-state index in [1.807, 2.05) is 6.07 Å². The van der Waals surface area contributed by atoms with E-state index < -0.39 is 0 Å². The van der Waals surface area contributed by atoms with E-state index >= 15 is 0 Å². The first kappa shape index (κ1) is 13.3. The highest BCUT2D eigenvalue weighted by Gasteiger charge is 2.16. The Morgan fingerprint density at radius 1 is 1.44 bits per heavy atom. The molecular formula is C14H23N3O. The van der Waals surface area contributed by atoms with Gasteiger partial charge in [-0.3, -0.25) is 0 Å². The van der Waals surface area contributed by atoms with Gasteiger partial charge in [0.15, 0.2) is 0 Å². The average molecular weight is 249 g/mol. The second-order valence-corrected chi connectivity index (χ2v) is 5.05. The Kier molecular flexibility index (Phi) is 4.96. The molecule has 0 aromatic carbocycles. The average Bonchev–Trinajstić information content (AvgIpc) is 2.41. The van der Waals surface area contributed by atoms with Crippen molar-refractivity contribution in [2.75, 3.05) is 33.8 Å². The molecule has 0 aliphatic carbocycles. The lowest BCUT2D eigenvalue weighted by Crippen LogP contribution is -2.34. The number of nitrogens with zero attached hydrogens (tertiary/aromatic N) is 2. The quantitative estimate of drug-likeness (QED) is 0.858. The largest absolute Gasteiger partial charge is 0.481 e. The van der Waals surface area contributed by atoms with Gasteiger partial charge in [-0.05, 0) is 51.5 Å². The lowest BCUT2D eigenvalue weighted by molar-refractivity contribution is 0.216. The number of nitrogens with one attached hydrogen (secondary N) is 1. The fourth-order valence-corrected chi connectivity index (χ4v) is 2.42. The highest BCUT2D eigenvalue weighted by Crippen LogP contribution is 2.16. The zero-order chi connectivity index (χ0) is 12.8. The topological polar surface area (TPSA) is 37.4 Å². The van der Waals surface area contributed by atoms with Gasteiger partial charge in [-0.25, -0.2) is 4.98 Å². The summed E-state index contributed by atoms with van der Waals surface area (Å²) in [7, 11) is 3.87. The van der Waals surface area contributed by atoms with Crippen molar-refractivity contribution in [3.8, 4) is 5.88 Å². The van der Waals surface area contributed by atoms with Crippen molar-refractivity contribution in [3.05, 3.63) is 23.9 Å². The van der Waals surface area contributed by atoms with Crippen LogP contribution in [0.4, 0.5) is 0 Å². The third kappa shape index (κ3) is 3.68. The summed E-state index contributed by atoms with van der Waals surface area (Å²) in [5, 5.41) is 3.52. The molecule has 1 aliphatic rings. The highest BCUT2D eigenvalue weighted by atomic mass is 16.5. The Hall–Kier alpha value is -1.13. The van der Waals surface area contributed by atoms with Gasteiger partial charge in [0, 0.05) is 18.3 Å². The maximum absolute atomic E-state index is 5.24. The van der Waals surface area contributed by atoms with Gasteiger partial charge in [-0.1, -0.05) is 6.07 Å². The molecule has 2 rings (SSSR count). The number of rotatable bonds is 5. The van der Waals surface area contributed by atoms with Crippen molar-refractivity contribution in [3.63, 3.8) is 0 Å². The molecule has 4 heteroatoms. The molecule has 1 N–H and O–H groups in total. The first-order chi connectivity index (χ1) is 8.79. The molecule has 2 heterocycles. The standard InChI is InChI=1S/C14H23N3O/c1-17-8-5-12(6-9-17)10-15-11-13-4-3-7-16-14(13)18-2/h3-4,7,12,15H,5-6,8-11H2,1-2H3. The van der Waals surface area contributed by atoms with E-state index in [0.29, 0.717) is 0 Å². The zero-order valence-electron chi connectivity index (χ0n) is 11.4. The van der Waals surface area contributed by atoms with Crippen LogP contribution in [0, 0.1) is 5.92 Å². The minimum absolute atomic E-state index is 0.730. The van der Waals surface area contributed by atoms with Gasteiger partial charge in [-0.2, -0.15) is 0 Å². The van der Waals surface area contributed by atoms with Crippen LogP contribution in [0.2, 0.25) is 0 Å². The number of ether oxygens (including phenoxy) is 1. The van der Waals surface area contributed by atoms with E-state index in [2.05, 4.69) is 28.3 Å². The van der Waals surface area contributed by atoms with Crippen LogP contribution in [0.3, 0.4) is 0 Å².